The van der Waals surface area contributed by atoms with E-state index in [9.17, 15) is 9.90 Å². The molecule has 1 saturated carbocycles. The fourth-order valence-corrected chi connectivity index (χ4v) is 2.38. The first-order chi connectivity index (χ1) is 8.29. The lowest BCUT2D eigenvalue weighted by Gasteiger charge is -2.31. The Hall–Kier alpha value is -1.19. The first-order valence-electron chi connectivity index (χ1n) is 6.67. The number of ether oxygens (including phenoxy) is 1. The molecule has 18 heavy (non-hydrogen) atoms. The topological polar surface area (TPSA) is 58.6 Å². The van der Waals surface area contributed by atoms with Crippen LogP contribution >= 0.6 is 0 Å². The highest BCUT2D eigenvalue weighted by atomic mass is 16.6. The maximum absolute atomic E-state index is 11.7. The fraction of sp³-hybridized carbons (Fsp3) is 0.786. The Morgan fingerprint density at radius 2 is 1.89 bits per heavy atom. The minimum Gasteiger partial charge on any atom is -0.511 e. The number of hydrogen-bond acceptors (Lipinski definition) is 3. The Bertz CT molecular complexity index is 301. The SMILES string of the molecule is C=C(O)[C@@H](NC(=O)OC(C)(C)C)C1CCCCC1. The van der Waals surface area contributed by atoms with Crippen molar-refractivity contribution in [3.05, 3.63) is 12.3 Å². The van der Waals surface area contributed by atoms with E-state index in [1.54, 1.807) is 0 Å². The first-order valence-corrected chi connectivity index (χ1v) is 6.67. The van der Waals surface area contributed by atoms with E-state index in [1.165, 1.54) is 6.42 Å². The van der Waals surface area contributed by atoms with Crippen molar-refractivity contribution in [2.24, 2.45) is 5.92 Å². The summed E-state index contributed by atoms with van der Waals surface area (Å²) in [5, 5.41) is 12.4. The van der Waals surface area contributed by atoms with Crippen molar-refractivity contribution in [3.8, 4) is 0 Å². The molecule has 0 spiro atoms. The molecule has 0 bridgehead atoms. The van der Waals surface area contributed by atoms with Crippen LogP contribution in [0, 0.1) is 5.92 Å². The lowest BCUT2D eigenvalue weighted by molar-refractivity contribution is 0.0473. The highest BCUT2D eigenvalue weighted by Crippen LogP contribution is 2.28. The van der Waals surface area contributed by atoms with Crippen molar-refractivity contribution in [1.29, 1.82) is 0 Å². The van der Waals surface area contributed by atoms with Crippen LogP contribution < -0.4 is 5.32 Å². The predicted octanol–water partition coefficient (Wildman–Crippen LogP) is 3.53. The number of rotatable bonds is 3. The van der Waals surface area contributed by atoms with E-state index in [-0.39, 0.29) is 17.7 Å². The molecule has 0 unspecified atom stereocenters. The van der Waals surface area contributed by atoms with E-state index in [0.29, 0.717) is 0 Å². The van der Waals surface area contributed by atoms with Crippen LogP contribution in [0.25, 0.3) is 0 Å². The minimum atomic E-state index is -0.530. The molecule has 4 nitrogen and oxygen atoms in total. The van der Waals surface area contributed by atoms with Crippen molar-refractivity contribution >= 4 is 6.09 Å². The summed E-state index contributed by atoms with van der Waals surface area (Å²) in [5.74, 6) is 0.288. The van der Waals surface area contributed by atoms with Crippen molar-refractivity contribution in [3.63, 3.8) is 0 Å². The van der Waals surface area contributed by atoms with Crippen LogP contribution in [0.2, 0.25) is 0 Å². The smallest absolute Gasteiger partial charge is 0.408 e. The summed E-state index contributed by atoms with van der Waals surface area (Å²) in [5.41, 5.74) is -0.530. The average Bonchev–Trinajstić information content (AvgIpc) is 2.24. The Balaban J connectivity index is 2.57. The van der Waals surface area contributed by atoms with Crippen molar-refractivity contribution in [1.82, 2.24) is 5.32 Å². The molecule has 1 aliphatic carbocycles. The van der Waals surface area contributed by atoms with Crippen molar-refractivity contribution < 1.29 is 14.6 Å². The minimum absolute atomic E-state index is 0.0211. The highest BCUT2D eigenvalue weighted by Gasteiger charge is 2.29. The van der Waals surface area contributed by atoms with Crippen molar-refractivity contribution in [2.75, 3.05) is 0 Å². The predicted molar refractivity (Wildman–Crippen MR) is 71.5 cm³/mol. The standard InChI is InChI=1S/C14H25NO3/c1-10(16)12(11-8-6-5-7-9-11)15-13(17)18-14(2,3)4/h11-12,16H,1,5-9H2,2-4H3,(H,15,17)/t12-/m1/s1. The van der Waals surface area contributed by atoms with Gasteiger partial charge in [0.25, 0.3) is 0 Å². The van der Waals surface area contributed by atoms with Gasteiger partial charge in [0.05, 0.1) is 6.04 Å². The second kappa shape index (κ2) is 6.12. The number of amides is 1. The Labute approximate surface area is 109 Å². The van der Waals surface area contributed by atoms with Gasteiger partial charge in [0, 0.05) is 0 Å². The van der Waals surface area contributed by atoms with Gasteiger partial charge in [0.15, 0.2) is 0 Å². The van der Waals surface area contributed by atoms with E-state index >= 15 is 0 Å². The first kappa shape index (κ1) is 14.9. The van der Waals surface area contributed by atoms with E-state index in [0.717, 1.165) is 25.7 Å². The molecule has 104 valence electrons. The quantitative estimate of drug-likeness (QED) is 0.758. The zero-order valence-electron chi connectivity index (χ0n) is 11.7. The zero-order chi connectivity index (χ0) is 13.8. The van der Waals surface area contributed by atoms with Gasteiger partial charge in [0.2, 0.25) is 0 Å². The molecule has 1 amide bonds. The number of aliphatic hydroxyl groups is 1. The monoisotopic (exact) mass is 255 g/mol. The maximum atomic E-state index is 11.7. The number of carbonyl (C=O) groups is 1. The molecule has 0 aliphatic heterocycles. The normalized spacial score (nSPS) is 19.1. The Morgan fingerprint density at radius 3 is 2.33 bits per heavy atom. The molecular weight excluding hydrogens is 230 g/mol. The molecule has 0 aromatic carbocycles. The van der Waals surface area contributed by atoms with E-state index in [1.807, 2.05) is 20.8 Å². The third kappa shape index (κ3) is 4.98. The summed E-state index contributed by atoms with van der Waals surface area (Å²) >= 11 is 0. The third-order valence-electron chi connectivity index (χ3n) is 3.15. The molecular formula is C14H25NO3. The molecule has 4 heteroatoms. The van der Waals surface area contributed by atoms with Crippen LogP contribution in [0.1, 0.15) is 52.9 Å². The van der Waals surface area contributed by atoms with Gasteiger partial charge in [0.1, 0.15) is 11.4 Å². The molecule has 1 aliphatic rings. The summed E-state index contributed by atoms with van der Waals surface area (Å²) in [4.78, 5) is 11.7. The van der Waals surface area contributed by atoms with Gasteiger partial charge >= 0.3 is 6.09 Å². The molecule has 0 saturated heterocycles. The highest BCUT2D eigenvalue weighted by molar-refractivity contribution is 5.68. The molecule has 0 radical (unpaired) electrons. The summed E-state index contributed by atoms with van der Waals surface area (Å²) in [6.07, 6.45) is 5.05. The summed E-state index contributed by atoms with van der Waals surface area (Å²) in [7, 11) is 0. The molecule has 0 heterocycles. The van der Waals surface area contributed by atoms with Gasteiger partial charge in [-0.25, -0.2) is 4.79 Å². The second-order valence-corrected chi connectivity index (χ2v) is 6.01. The lowest BCUT2D eigenvalue weighted by Crippen LogP contribution is -2.44. The summed E-state index contributed by atoms with van der Waals surface area (Å²) < 4.78 is 5.21. The van der Waals surface area contributed by atoms with E-state index < -0.39 is 11.7 Å². The number of nitrogens with one attached hydrogen (secondary N) is 1. The van der Waals surface area contributed by atoms with Gasteiger partial charge in [-0.3, -0.25) is 0 Å². The van der Waals surface area contributed by atoms with Crippen LogP contribution in [0.5, 0.6) is 0 Å². The van der Waals surface area contributed by atoms with Gasteiger partial charge < -0.3 is 15.2 Å². The van der Waals surface area contributed by atoms with Crippen LogP contribution in [-0.2, 0) is 4.74 Å². The number of hydrogen-bond donors (Lipinski definition) is 2. The van der Waals surface area contributed by atoms with Gasteiger partial charge in [-0.05, 0) is 39.5 Å². The maximum Gasteiger partial charge on any atom is 0.408 e. The molecule has 2 N–H and O–H groups in total. The van der Waals surface area contributed by atoms with Gasteiger partial charge in [-0.15, -0.1) is 0 Å². The van der Waals surface area contributed by atoms with Crippen LogP contribution in [0.3, 0.4) is 0 Å². The van der Waals surface area contributed by atoms with Gasteiger partial charge in [-0.2, -0.15) is 0 Å². The second-order valence-electron chi connectivity index (χ2n) is 6.01. The number of aliphatic hydroxyl groups excluding tert-OH is 1. The number of alkyl carbamates (subject to hydrolysis) is 1. The van der Waals surface area contributed by atoms with Crippen LogP contribution in [-0.4, -0.2) is 22.8 Å². The summed E-state index contributed by atoms with van der Waals surface area (Å²) in [6.45, 7) is 9.01. The average molecular weight is 255 g/mol. The van der Waals surface area contributed by atoms with Crippen molar-refractivity contribution in [2.45, 2.75) is 64.5 Å². The number of carbonyl (C=O) groups excluding carboxylic acids is 1. The molecule has 0 aromatic heterocycles. The van der Waals surface area contributed by atoms with E-state index in [2.05, 4.69) is 11.9 Å². The molecule has 1 fully saturated rings. The third-order valence-corrected chi connectivity index (χ3v) is 3.15. The van der Waals surface area contributed by atoms with Crippen LogP contribution in [0.4, 0.5) is 4.79 Å². The fourth-order valence-electron chi connectivity index (χ4n) is 2.38. The lowest BCUT2D eigenvalue weighted by atomic mass is 9.83. The molecule has 0 aromatic rings. The largest absolute Gasteiger partial charge is 0.511 e. The van der Waals surface area contributed by atoms with Crippen LogP contribution in [0.15, 0.2) is 12.3 Å². The molecule has 1 atom stereocenters. The van der Waals surface area contributed by atoms with E-state index in [4.69, 9.17) is 4.74 Å². The summed E-state index contributed by atoms with van der Waals surface area (Å²) in [6, 6.07) is -0.389. The Kier molecular flexibility index (Phi) is 5.05. The van der Waals surface area contributed by atoms with Gasteiger partial charge in [-0.1, -0.05) is 25.8 Å². The molecule has 1 rings (SSSR count). The zero-order valence-corrected chi connectivity index (χ0v) is 11.7. The Morgan fingerprint density at radius 1 is 1.33 bits per heavy atom.